The number of carbonyl (C=O) groups is 1. The molecular formula is C10H11N2O3P. The standard InChI is InChI=1S/C10H11N2O3P/c1-8-7-10(13)12-16(14,11-8)15-9-5-3-2-4-6-9/h2-7H,1H3,(H2,11,12,13,14). The van der Waals surface area contributed by atoms with Gasteiger partial charge in [0.25, 0.3) is 5.91 Å². The molecule has 6 heteroatoms. The smallest absolute Gasteiger partial charge is 0.414 e. The predicted octanol–water partition coefficient (Wildman–Crippen LogP) is 1.80. The van der Waals surface area contributed by atoms with Crippen LogP contribution in [0.1, 0.15) is 6.92 Å². The summed E-state index contributed by atoms with van der Waals surface area (Å²) >= 11 is 0. The van der Waals surface area contributed by atoms with Gasteiger partial charge in [-0.25, -0.2) is 4.57 Å². The molecule has 0 radical (unpaired) electrons. The van der Waals surface area contributed by atoms with Crippen LogP contribution in [0.15, 0.2) is 42.1 Å². The molecule has 1 aliphatic rings. The summed E-state index contributed by atoms with van der Waals surface area (Å²) in [7, 11) is -3.37. The van der Waals surface area contributed by atoms with E-state index in [1.54, 1.807) is 31.2 Å². The summed E-state index contributed by atoms with van der Waals surface area (Å²) in [5.74, 6) is 0.0175. The molecule has 0 aromatic heterocycles. The van der Waals surface area contributed by atoms with Gasteiger partial charge in [0, 0.05) is 11.8 Å². The van der Waals surface area contributed by atoms with Crippen LogP contribution in [-0.2, 0) is 9.36 Å². The Balaban J connectivity index is 2.19. The fourth-order valence-corrected chi connectivity index (χ4v) is 2.79. The first-order chi connectivity index (χ1) is 7.57. The van der Waals surface area contributed by atoms with E-state index in [-0.39, 0.29) is 0 Å². The number of rotatable bonds is 2. The molecular weight excluding hydrogens is 227 g/mol. The fourth-order valence-electron chi connectivity index (χ4n) is 1.34. The van der Waals surface area contributed by atoms with Gasteiger partial charge < -0.3 is 4.52 Å². The van der Waals surface area contributed by atoms with Crippen molar-refractivity contribution in [2.45, 2.75) is 6.92 Å². The largest absolute Gasteiger partial charge is 0.446 e. The van der Waals surface area contributed by atoms with E-state index in [2.05, 4.69) is 10.2 Å². The van der Waals surface area contributed by atoms with Gasteiger partial charge in [-0.2, -0.15) is 0 Å². The molecule has 1 heterocycles. The summed E-state index contributed by atoms with van der Waals surface area (Å²) in [5.41, 5.74) is 0.517. The first-order valence-corrected chi connectivity index (χ1v) is 6.33. The second-order valence-corrected chi connectivity index (χ2v) is 5.10. The fraction of sp³-hybridized carbons (Fsp3) is 0.100. The highest BCUT2D eigenvalue weighted by atomic mass is 31.2. The van der Waals surface area contributed by atoms with Crippen molar-refractivity contribution in [1.29, 1.82) is 0 Å². The van der Waals surface area contributed by atoms with Crippen LogP contribution in [0.3, 0.4) is 0 Å². The topological polar surface area (TPSA) is 67.4 Å². The van der Waals surface area contributed by atoms with Crippen molar-refractivity contribution >= 4 is 13.6 Å². The van der Waals surface area contributed by atoms with Gasteiger partial charge in [-0.1, -0.05) is 18.2 Å². The number of nitrogens with one attached hydrogen (secondary N) is 2. The summed E-state index contributed by atoms with van der Waals surface area (Å²) in [6.07, 6.45) is 1.32. The highest BCUT2D eigenvalue weighted by Gasteiger charge is 2.30. The Morgan fingerprint density at radius 1 is 1.19 bits per heavy atom. The van der Waals surface area contributed by atoms with Crippen LogP contribution < -0.4 is 14.7 Å². The molecule has 0 fully saturated rings. The first kappa shape index (κ1) is 10.8. The van der Waals surface area contributed by atoms with Crippen LogP contribution in [-0.4, -0.2) is 5.91 Å². The van der Waals surface area contributed by atoms with Crippen LogP contribution in [0.2, 0.25) is 0 Å². The van der Waals surface area contributed by atoms with Gasteiger partial charge >= 0.3 is 7.67 Å². The Kier molecular flexibility index (Phi) is 2.71. The number of carbonyl (C=O) groups excluding carboxylic acids is 1. The Hall–Kier alpha value is -1.74. The van der Waals surface area contributed by atoms with Gasteiger partial charge in [0.15, 0.2) is 0 Å². The molecule has 1 atom stereocenters. The summed E-state index contributed by atoms with van der Waals surface area (Å²) in [6.45, 7) is 1.65. The third kappa shape index (κ3) is 2.44. The van der Waals surface area contributed by atoms with E-state index in [0.717, 1.165) is 0 Å². The minimum Gasteiger partial charge on any atom is -0.414 e. The third-order valence-corrected chi connectivity index (χ3v) is 3.54. The second-order valence-electron chi connectivity index (χ2n) is 3.37. The molecule has 1 aliphatic heterocycles. The van der Waals surface area contributed by atoms with Gasteiger partial charge in [0.1, 0.15) is 5.75 Å². The molecule has 84 valence electrons. The summed E-state index contributed by atoms with van der Waals surface area (Å²) in [6, 6.07) is 8.68. The second kappa shape index (κ2) is 4.02. The molecule has 0 aliphatic carbocycles. The lowest BCUT2D eigenvalue weighted by Crippen LogP contribution is -2.33. The van der Waals surface area contributed by atoms with Crippen molar-refractivity contribution in [2.24, 2.45) is 0 Å². The number of benzene rings is 1. The van der Waals surface area contributed by atoms with Crippen molar-refractivity contribution in [2.75, 3.05) is 0 Å². The summed E-state index contributed by atoms with van der Waals surface area (Å²) < 4.78 is 17.4. The van der Waals surface area contributed by atoms with Crippen molar-refractivity contribution in [3.8, 4) is 5.75 Å². The highest BCUT2D eigenvalue weighted by molar-refractivity contribution is 7.56. The lowest BCUT2D eigenvalue weighted by molar-refractivity contribution is -0.115. The molecule has 1 unspecified atom stereocenters. The number of amides is 1. The van der Waals surface area contributed by atoms with E-state index in [1.165, 1.54) is 6.08 Å². The molecule has 5 nitrogen and oxygen atoms in total. The van der Waals surface area contributed by atoms with Crippen molar-refractivity contribution < 1.29 is 13.9 Å². The Labute approximate surface area is 93.1 Å². The first-order valence-electron chi connectivity index (χ1n) is 4.71. The van der Waals surface area contributed by atoms with Crippen LogP contribution in [0.5, 0.6) is 5.75 Å². The number of allylic oxidation sites excluding steroid dienone is 1. The molecule has 0 bridgehead atoms. The predicted molar refractivity (Wildman–Crippen MR) is 59.7 cm³/mol. The Bertz CT molecular complexity index is 484. The molecule has 1 aromatic carbocycles. The van der Waals surface area contributed by atoms with E-state index in [0.29, 0.717) is 11.4 Å². The van der Waals surface area contributed by atoms with Crippen LogP contribution >= 0.6 is 7.67 Å². The molecule has 0 spiro atoms. The average Bonchev–Trinajstić information content (AvgIpc) is 2.15. The van der Waals surface area contributed by atoms with Crippen LogP contribution in [0, 0.1) is 0 Å². The average molecular weight is 238 g/mol. The lowest BCUT2D eigenvalue weighted by Gasteiger charge is -2.24. The molecule has 1 aromatic rings. The summed E-state index contributed by atoms with van der Waals surface area (Å²) in [5, 5.41) is 4.91. The number of hydrogen-bond acceptors (Lipinski definition) is 3. The maximum Gasteiger partial charge on any atom is 0.446 e. The van der Waals surface area contributed by atoms with Gasteiger partial charge in [-0.3, -0.25) is 15.0 Å². The summed E-state index contributed by atoms with van der Waals surface area (Å²) in [4.78, 5) is 11.2. The van der Waals surface area contributed by atoms with Gasteiger partial charge in [0.05, 0.1) is 0 Å². The van der Waals surface area contributed by atoms with E-state index < -0.39 is 13.6 Å². The van der Waals surface area contributed by atoms with Gasteiger partial charge in [-0.15, -0.1) is 0 Å². The van der Waals surface area contributed by atoms with Crippen molar-refractivity contribution in [3.63, 3.8) is 0 Å². The van der Waals surface area contributed by atoms with E-state index in [4.69, 9.17) is 4.52 Å². The van der Waals surface area contributed by atoms with Gasteiger partial charge in [0.2, 0.25) is 0 Å². The Morgan fingerprint density at radius 3 is 2.50 bits per heavy atom. The zero-order valence-electron chi connectivity index (χ0n) is 8.64. The minimum atomic E-state index is -3.37. The van der Waals surface area contributed by atoms with E-state index in [1.807, 2.05) is 6.07 Å². The molecule has 16 heavy (non-hydrogen) atoms. The lowest BCUT2D eigenvalue weighted by atomic mass is 10.3. The van der Waals surface area contributed by atoms with Crippen molar-refractivity contribution in [3.05, 3.63) is 42.1 Å². The quantitative estimate of drug-likeness (QED) is 0.771. The van der Waals surface area contributed by atoms with Gasteiger partial charge in [-0.05, 0) is 19.1 Å². The van der Waals surface area contributed by atoms with Crippen molar-refractivity contribution in [1.82, 2.24) is 10.2 Å². The zero-order chi connectivity index (χ0) is 11.6. The van der Waals surface area contributed by atoms with Crippen LogP contribution in [0.4, 0.5) is 0 Å². The maximum atomic E-state index is 12.1. The monoisotopic (exact) mass is 238 g/mol. The number of para-hydroxylation sites is 1. The molecule has 2 rings (SSSR count). The van der Waals surface area contributed by atoms with E-state index in [9.17, 15) is 9.36 Å². The number of hydrogen-bond donors (Lipinski definition) is 2. The zero-order valence-corrected chi connectivity index (χ0v) is 9.53. The third-order valence-electron chi connectivity index (χ3n) is 1.91. The SMILES string of the molecule is CC1=CC(=O)NP(=O)(Oc2ccccc2)N1. The molecule has 1 amide bonds. The molecule has 2 N–H and O–H groups in total. The van der Waals surface area contributed by atoms with Crippen LogP contribution in [0.25, 0.3) is 0 Å². The molecule has 0 saturated heterocycles. The highest BCUT2D eigenvalue weighted by Crippen LogP contribution is 2.41. The minimum absolute atomic E-state index is 0.421. The van der Waals surface area contributed by atoms with E-state index >= 15 is 0 Å². The normalized spacial score (nSPS) is 24.1. The Morgan fingerprint density at radius 2 is 1.88 bits per heavy atom. The molecule has 0 saturated carbocycles. The maximum absolute atomic E-state index is 12.1.